The number of morpholine rings is 1. The highest BCUT2D eigenvalue weighted by molar-refractivity contribution is 6.07. The number of amides is 3. The molecule has 3 heterocycles. The van der Waals surface area contributed by atoms with Crippen LogP contribution in [0.1, 0.15) is 52.4 Å². The van der Waals surface area contributed by atoms with Crippen LogP contribution < -0.4 is 20.7 Å². The molecule has 0 saturated carbocycles. The van der Waals surface area contributed by atoms with E-state index in [4.69, 9.17) is 27.6 Å². The van der Waals surface area contributed by atoms with Crippen molar-refractivity contribution in [2.24, 2.45) is 0 Å². The molecule has 1 aliphatic heterocycles. The maximum atomic E-state index is 13.5. The van der Waals surface area contributed by atoms with Gasteiger partial charge in [0, 0.05) is 86.7 Å². The molecular weight excluding hydrogens is 731 g/mol. The molecule has 58 heavy (non-hydrogen) atoms. The van der Waals surface area contributed by atoms with E-state index in [2.05, 4.69) is 41.6 Å². The molecule has 13 nitrogen and oxygen atoms in total. The number of anilines is 2. The molecule has 2 aromatic heterocycles. The molecule has 1 aliphatic rings. The van der Waals surface area contributed by atoms with Gasteiger partial charge >= 0.3 is 6.03 Å². The molecule has 3 amide bonds. The summed E-state index contributed by atoms with van der Waals surface area (Å²) in [5.41, 5.74) is 3.88. The molecule has 13 heteroatoms. The number of hydrogen-bond acceptors (Lipinski definition) is 8. The van der Waals surface area contributed by atoms with Gasteiger partial charge in [0.2, 0.25) is 5.88 Å². The van der Waals surface area contributed by atoms with Gasteiger partial charge in [-0.25, -0.2) is 21.0 Å². The molecular formula is C45H43N9O4. The second-order valence-corrected chi connectivity index (χ2v) is 14.4. The number of benzene rings is 4. The number of hydrogen-bond donors (Lipinski definition) is 3. The van der Waals surface area contributed by atoms with E-state index >= 15 is 0 Å². The summed E-state index contributed by atoms with van der Waals surface area (Å²) in [4.78, 5) is 41.8. The predicted molar refractivity (Wildman–Crippen MR) is 223 cm³/mol. The lowest BCUT2D eigenvalue weighted by molar-refractivity contribution is 0.0383. The summed E-state index contributed by atoms with van der Waals surface area (Å²) in [6, 6.07) is 27.1. The maximum Gasteiger partial charge on any atom is 0.324 e. The number of carbonyl (C=O) groups excluding carboxylic acids is 2. The molecule has 1 fully saturated rings. The summed E-state index contributed by atoms with van der Waals surface area (Å²) in [6.45, 7) is 17.6. The lowest BCUT2D eigenvalue weighted by atomic mass is 10.0. The van der Waals surface area contributed by atoms with E-state index in [0.29, 0.717) is 72.0 Å². The fourth-order valence-electron chi connectivity index (χ4n) is 6.53. The summed E-state index contributed by atoms with van der Waals surface area (Å²) in [5, 5.41) is 15.1. The Morgan fingerprint density at radius 3 is 2.52 bits per heavy atom. The Morgan fingerprint density at radius 2 is 1.76 bits per heavy atom. The summed E-state index contributed by atoms with van der Waals surface area (Å²) >= 11 is 0. The SMILES string of the molecule is [C-]#[N+]C(C)(C)c1cc(NC(=O)Nc2ccc(Oc3ccnc(Cc4cc(C#C)cc(C(=O)NCCN5CCOCC5)c4)n3)c3ccccc23)n(-c2ccc(C)cc2)n1. The summed E-state index contributed by atoms with van der Waals surface area (Å²) in [5.74, 6) is 4.21. The molecule has 7 rings (SSSR count). The second-order valence-electron chi connectivity index (χ2n) is 14.4. The van der Waals surface area contributed by atoms with E-state index in [0.717, 1.165) is 47.2 Å². The first-order valence-electron chi connectivity index (χ1n) is 18.9. The highest BCUT2D eigenvalue weighted by Gasteiger charge is 2.31. The monoisotopic (exact) mass is 773 g/mol. The first-order chi connectivity index (χ1) is 28.1. The van der Waals surface area contributed by atoms with Gasteiger partial charge in [-0.15, -0.1) is 6.42 Å². The Morgan fingerprint density at radius 1 is 0.983 bits per heavy atom. The van der Waals surface area contributed by atoms with Crippen LogP contribution in [0.5, 0.6) is 11.6 Å². The number of fused-ring (bicyclic) bond motifs is 1. The zero-order valence-corrected chi connectivity index (χ0v) is 32.6. The third-order valence-corrected chi connectivity index (χ3v) is 9.76. The Hall–Kier alpha value is -7.06. The quantitative estimate of drug-likeness (QED) is 0.0867. The van der Waals surface area contributed by atoms with Gasteiger partial charge in [-0.2, -0.15) is 10.1 Å². The molecule has 0 bridgehead atoms. The first-order valence-corrected chi connectivity index (χ1v) is 18.9. The largest absolute Gasteiger partial charge is 0.438 e. The van der Waals surface area contributed by atoms with Gasteiger partial charge in [0.15, 0.2) is 0 Å². The number of ether oxygens (including phenoxy) is 2. The van der Waals surface area contributed by atoms with Gasteiger partial charge in [0.1, 0.15) is 23.1 Å². The van der Waals surface area contributed by atoms with Gasteiger partial charge in [-0.05, 0) is 55.0 Å². The number of nitrogens with one attached hydrogen (secondary N) is 3. The van der Waals surface area contributed by atoms with Crippen molar-refractivity contribution in [3.8, 4) is 29.7 Å². The molecule has 0 atom stereocenters. The highest BCUT2D eigenvalue weighted by Crippen LogP contribution is 2.34. The van der Waals surface area contributed by atoms with Crippen LogP contribution in [-0.2, 0) is 16.7 Å². The van der Waals surface area contributed by atoms with Crippen LogP contribution >= 0.6 is 0 Å². The second kappa shape index (κ2) is 17.4. The van der Waals surface area contributed by atoms with Crippen LogP contribution in [0.2, 0.25) is 0 Å². The minimum absolute atomic E-state index is 0.199. The number of aryl methyl sites for hydroxylation is 1. The summed E-state index contributed by atoms with van der Waals surface area (Å²) in [7, 11) is 0. The van der Waals surface area contributed by atoms with Crippen LogP contribution in [0.15, 0.2) is 97.2 Å². The van der Waals surface area contributed by atoms with Gasteiger partial charge in [0.05, 0.1) is 24.6 Å². The van der Waals surface area contributed by atoms with Crippen LogP contribution in [0, 0.1) is 25.8 Å². The van der Waals surface area contributed by atoms with Crippen molar-refractivity contribution in [2.75, 3.05) is 50.0 Å². The molecule has 0 spiro atoms. The Balaban J connectivity index is 1.05. The molecule has 0 aliphatic carbocycles. The minimum Gasteiger partial charge on any atom is -0.438 e. The average Bonchev–Trinajstić information content (AvgIpc) is 3.66. The van der Waals surface area contributed by atoms with Crippen molar-refractivity contribution < 1.29 is 19.1 Å². The fraction of sp³-hybridized carbons (Fsp3) is 0.244. The smallest absolute Gasteiger partial charge is 0.324 e. The van der Waals surface area contributed by atoms with Crippen LogP contribution in [0.3, 0.4) is 0 Å². The standard InChI is InChI=1S/C45H43N9O4/c1-6-31-25-32(27-33(26-31)43(55)48-19-20-53-21-23-57-24-22-53)28-40-47-18-17-42(50-40)58-38-16-15-37(35-9-7-8-10-36(35)38)49-44(56)51-41-29-39(45(3,4)46-5)52-54(41)34-13-11-30(2)12-14-34/h1,7-18,25-27,29H,19-24,28H2,2-4H3,(H,48,55)(H2,49,51,56). The molecule has 0 radical (unpaired) electrons. The number of aromatic nitrogens is 4. The molecule has 292 valence electrons. The summed E-state index contributed by atoms with van der Waals surface area (Å²) in [6.07, 6.45) is 7.71. The first kappa shape index (κ1) is 39.2. The normalized spacial score (nSPS) is 13.0. The average molecular weight is 774 g/mol. The van der Waals surface area contributed by atoms with E-state index in [1.54, 1.807) is 61.1 Å². The van der Waals surface area contributed by atoms with Gasteiger partial charge in [-0.1, -0.05) is 47.9 Å². The zero-order valence-electron chi connectivity index (χ0n) is 32.6. The van der Waals surface area contributed by atoms with E-state index < -0.39 is 11.6 Å². The third-order valence-electron chi connectivity index (χ3n) is 9.76. The minimum atomic E-state index is -0.892. The van der Waals surface area contributed by atoms with Crippen LogP contribution in [0.4, 0.5) is 16.3 Å². The molecule has 6 aromatic rings. The van der Waals surface area contributed by atoms with Crippen molar-refractivity contribution in [3.05, 3.63) is 142 Å². The number of rotatable bonds is 12. The van der Waals surface area contributed by atoms with Gasteiger partial charge in [-0.3, -0.25) is 15.0 Å². The van der Waals surface area contributed by atoms with Crippen molar-refractivity contribution >= 4 is 34.2 Å². The molecule has 3 N–H and O–H groups in total. The van der Waals surface area contributed by atoms with E-state index in [1.807, 2.05) is 61.5 Å². The van der Waals surface area contributed by atoms with Crippen LogP contribution in [0.25, 0.3) is 21.3 Å². The van der Waals surface area contributed by atoms with Crippen LogP contribution in [-0.4, -0.2) is 76.0 Å². The van der Waals surface area contributed by atoms with Gasteiger partial charge in [0.25, 0.3) is 11.4 Å². The lowest BCUT2D eigenvalue weighted by Crippen LogP contribution is -2.41. The number of carbonyl (C=O) groups is 2. The summed E-state index contributed by atoms with van der Waals surface area (Å²) < 4.78 is 13.4. The molecule has 0 unspecified atom stereocenters. The number of nitrogens with zero attached hydrogens (tertiary/aromatic N) is 6. The Bertz CT molecular complexity index is 2540. The van der Waals surface area contributed by atoms with Gasteiger partial charge < -0.3 is 25.0 Å². The highest BCUT2D eigenvalue weighted by atomic mass is 16.5. The van der Waals surface area contributed by atoms with E-state index in [-0.39, 0.29) is 5.91 Å². The number of terminal acetylenes is 1. The fourth-order valence-corrected chi connectivity index (χ4v) is 6.53. The Kier molecular flexibility index (Phi) is 11.7. The van der Waals surface area contributed by atoms with Crippen molar-refractivity contribution in [3.63, 3.8) is 0 Å². The molecule has 4 aromatic carbocycles. The maximum absolute atomic E-state index is 13.5. The van der Waals surface area contributed by atoms with E-state index in [1.165, 1.54) is 0 Å². The number of urea groups is 1. The van der Waals surface area contributed by atoms with E-state index in [9.17, 15) is 9.59 Å². The van der Waals surface area contributed by atoms with Crippen molar-refractivity contribution in [1.29, 1.82) is 0 Å². The van der Waals surface area contributed by atoms with Crippen molar-refractivity contribution in [2.45, 2.75) is 32.7 Å². The molecule has 1 saturated heterocycles. The third kappa shape index (κ3) is 9.31. The van der Waals surface area contributed by atoms with Crippen molar-refractivity contribution in [1.82, 2.24) is 30.0 Å². The zero-order chi connectivity index (χ0) is 40.6. The predicted octanol–water partition coefficient (Wildman–Crippen LogP) is 7.35. The Labute approximate surface area is 337 Å². The topological polar surface area (TPSA) is 140 Å². The lowest BCUT2D eigenvalue weighted by Gasteiger charge is -2.26.